The molecule has 2 aromatic carbocycles. The van der Waals surface area contributed by atoms with Crippen LogP contribution in [-0.2, 0) is 4.79 Å². The molecule has 0 saturated heterocycles. The average molecular weight is 392 g/mol. The van der Waals surface area contributed by atoms with Gasteiger partial charge in [0.05, 0.1) is 11.8 Å². The Labute approximate surface area is 167 Å². The first-order chi connectivity index (χ1) is 13.9. The zero-order valence-electron chi connectivity index (χ0n) is 16.0. The molecule has 1 heterocycles. The Morgan fingerprint density at radius 1 is 1.17 bits per heavy atom. The van der Waals surface area contributed by atoms with Crippen molar-refractivity contribution < 1.29 is 19.7 Å². The molecule has 0 radical (unpaired) electrons. The summed E-state index contributed by atoms with van der Waals surface area (Å²) in [4.78, 5) is 19.4. The number of ether oxygens (including phenoxy) is 1. The summed E-state index contributed by atoms with van der Waals surface area (Å²) in [5.41, 5.74) is 2.10. The highest BCUT2D eigenvalue weighted by atomic mass is 16.5. The van der Waals surface area contributed by atoms with Gasteiger partial charge in [-0.1, -0.05) is 12.1 Å². The number of anilines is 1. The van der Waals surface area contributed by atoms with Gasteiger partial charge in [0.25, 0.3) is 0 Å². The quantitative estimate of drug-likeness (QED) is 0.470. The van der Waals surface area contributed by atoms with Crippen molar-refractivity contribution in [1.29, 1.82) is 0 Å². The van der Waals surface area contributed by atoms with E-state index in [0.717, 1.165) is 11.3 Å². The van der Waals surface area contributed by atoms with Crippen LogP contribution in [0.1, 0.15) is 11.3 Å². The first-order valence-corrected chi connectivity index (χ1v) is 8.79. The molecule has 29 heavy (non-hydrogen) atoms. The van der Waals surface area contributed by atoms with E-state index in [2.05, 4.69) is 15.1 Å². The summed E-state index contributed by atoms with van der Waals surface area (Å²) >= 11 is 0. The van der Waals surface area contributed by atoms with E-state index in [-0.39, 0.29) is 12.4 Å². The van der Waals surface area contributed by atoms with E-state index < -0.39 is 5.97 Å². The molecule has 0 aliphatic heterocycles. The molecule has 0 bridgehead atoms. The summed E-state index contributed by atoms with van der Waals surface area (Å²) in [6.45, 7) is 1.46. The van der Waals surface area contributed by atoms with Crippen molar-refractivity contribution >= 4 is 18.0 Å². The highest BCUT2D eigenvalue weighted by Crippen LogP contribution is 2.27. The molecule has 148 valence electrons. The van der Waals surface area contributed by atoms with Crippen molar-refractivity contribution in [1.82, 2.24) is 9.97 Å². The third-order valence-electron chi connectivity index (χ3n) is 3.94. The monoisotopic (exact) mass is 392 g/mol. The van der Waals surface area contributed by atoms with Gasteiger partial charge >= 0.3 is 5.97 Å². The van der Waals surface area contributed by atoms with Crippen LogP contribution in [0.2, 0.25) is 0 Å². The maximum atomic E-state index is 10.5. The Kier molecular flexibility index (Phi) is 6.03. The predicted octanol–water partition coefficient (Wildman–Crippen LogP) is 3.09. The van der Waals surface area contributed by atoms with Crippen LogP contribution in [0.4, 0.5) is 5.82 Å². The fraction of sp³-hybridized carbons (Fsp3) is 0.143. The van der Waals surface area contributed by atoms with E-state index in [1.165, 1.54) is 0 Å². The highest BCUT2D eigenvalue weighted by Gasteiger charge is 2.11. The van der Waals surface area contributed by atoms with Gasteiger partial charge in [-0.05, 0) is 48.9 Å². The molecule has 8 heteroatoms. The number of aliphatic carboxylic acids is 1. The number of phenolic OH excluding ortho intramolecular Hbond substituents is 1. The van der Waals surface area contributed by atoms with Gasteiger partial charge in [-0.25, -0.2) is 14.8 Å². The molecule has 0 saturated carbocycles. The molecule has 0 unspecified atom stereocenters. The van der Waals surface area contributed by atoms with E-state index >= 15 is 0 Å². The summed E-state index contributed by atoms with van der Waals surface area (Å²) in [5, 5.41) is 24.7. The number of hydrogen-bond donors (Lipinski definition) is 2. The molecule has 2 N–H and O–H groups in total. The summed E-state index contributed by atoms with van der Waals surface area (Å²) in [6, 6.07) is 15.6. The van der Waals surface area contributed by atoms with Crippen molar-refractivity contribution in [2.75, 3.05) is 18.7 Å². The largest absolute Gasteiger partial charge is 0.507 e. The minimum atomic E-state index is -1.03. The Balaban J connectivity index is 1.76. The van der Waals surface area contributed by atoms with Crippen molar-refractivity contribution in [3.63, 3.8) is 0 Å². The number of hydrazone groups is 1. The second-order valence-electron chi connectivity index (χ2n) is 6.23. The number of para-hydroxylation sites is 1. The lowest BCUT2D eigenvalue weighted by atomic mass is 10.2. The fourth-order valence-corrected chi connectivity index (χ4v) is 2.51. The molecule has 8 nitrogen and oxygen atoms in total. The number of phenols is 1. The minimum Gasteiger partial charge on any atom is -0.507 e. The predicted molar refractivity (Wildman–Crippen MR) is 109 cm³/mol. The number of benzene rings is 2. The molecule has 0 fully saturated rings. The number of nitrogens with zero attached hydrogens (tertiary/aromatic N) is 4. The van der Waals surface area contributed by atoms with Crippen LogP contribution in [-0.4, -0.2) is 46.0 Å². The van der Waals surface area contributed by atoms with Gasteiger partial charge < -0.3 is 14.9 Å². The van der Waals surface area contributed by atoms with Crippen LogP contribution in [0.3, 0.4) is 0 Å². The van der Waals surface area contributed by atoms with Gasteiger partial charge in [-0.2, -0.15) is 5.10 Å². The van der Waals surface area contributed by atoms with Crippen molar-refractivity contribution in [2.24, 2.45) is 5.10 Å². The van der Waals surface area contributed by atoms with Crippen LogP contribution in [0.25, 0.3) is 11.4 Å². The van der Waals surface area contributed by atoms with E-state index in [9.17, 15) is 9.90 Å². The van der Waals surface area contributed by atoms with E-state index in [1.807, 2.05) is 13.0 Å². The molecule has 0 amide bonds. The lowest BCUT2D eigenvalue weighted by molar-refractivity contribution is -0.139. The molecule has 3 aromatic rings. The number of hydrogen-bond acceptors (Lipinski definition) is 7. The Bertz CT molecular complexity index is 1040. The van der Waals surface area contributed by atoms with Gasteiger partial charge in [-0.15, -0.1) is 0 Å². The third kappa shape index (κ3) is 5.29. The number of aromatic nitrogens is 2. The van der Waals surface area contributed by atoms with E-state index in [4.69, 9.17) is 9.84 Å². The van der Waals surface area contributed by atoms with Crippen molar-refractivity contribution in [3.05, 3.63) is 65.9 Å². The lowest BCUT2D eigenvalue weighted by Gasteiger charge is -2.14. The topological polar surface area (TPSA) is 108 Å². The smallest absolute Gasteiger partial charge is 0.341 e. The standard InChI is InChI=1S/C21H20N4O4/c1-14-11-19(24-21(23-14)17-5-3-4-6-18(17)26)25(2)22-12-15-7-9-16(10-8-15)29-13-20(27)28/h3-12,26H,13H2,1-2H3,(H,27,28). The lowest BCUT2D eigenvalue weighted by Crippen LogP contribution is -2.12. The van der Waals surface area contributed by atoms with Crippen LogP contribution in [0, 0.1) is 6.92 Å². The number of aryl methyl sites for hydroxylation is 1. The second kappa shape index (κ2) is 8.83. The molecule has 0 spiro atoms. The normalized spacial score (nSPS) is 10.8. The van der Waals surface area contributed by atoms with Gasteiger partial charge in [0.2, 0.25) is 0 Å². The van der Waals surface area contributed by atoms with Crippen LogP contribution in [0.15, 0.2) is 59.7 Å². The van der Waals surface area contributed by atoms with Crippen molar-refractivity contribution in [2.45, 2.75) is 6.92 Å². The average Bonchev–Trinajstić information content (AvgIpc) is 2.71. The van der Waals surface area contributed by atoms with Crippen LogP contribution < -0.4 is 9.75 Å². The molecular formula is C21H20N4O4. The van der Waals surface area contributed by atoms with Crippen LogP contribution in [0.5, 0.6) is 11.5 Å². The summed E-state index contributed by atoms with van der Waals surface area (Å²) in [7, 11) is 1.76. The SMILES string of the molecule is Cc1cc(N(C)N=Cc2ccc(OCC(=O)O)cc2)nc(-c2ccccc2O)n1. The Morgan fingerprint density at radius 2 is 1.90 bits per heavy atom. The van der Waals surface area contributed by atoms with Gasteiger partial charge in [-0.3, -0.25) is 5.01 Å². The number of carboxylic acids is 1. The fourth-order valence-electron chi connectivity index (χ4n) is 2.51. The summed E-state index contributed by atoms with van der Waals surface area (Å²) in [5.74, 6) is 0.547. The molecule has 1 aromatic heterocycles. The molecule has 0 aliphatic rings. The second-order valence-corrected chi connectivity index (χ2v) is 6.23. The van der Waals surface area contributed by atoms with Gasteiger partial charge in [0, 0.05) is 18.8 Å². The maximum Gasteiger partial charge on any atom is 0.341 e. The maximum absolute atomic E-state index is 10.5. The number of carbonyl (C=O) groups is 1. The van der Waals surface area contributed by atoms with Crippen molar-refractivity contribution in [3.8, 4) is 22.9 Å². The number of aromatic hydroxyl groups is 1. The minimum absolute atomic E-state index is 0.111. The molecule has 3 rings (SSSR count). The van der Waals surface area contributed by atoms with Gasteiger partial charge in [0.15, 0.2) is 18.2 Å². The van der Waals surface area contributed by atoms with E-state index in [1.54, 1.807) is 66.8 Å². The van der Waals surface area contributed by atoms with Crippen LogP contribution >= 0.6 is 0 Å². The summed E-state index contributed by atoms with van der Waals surface area (Å²) < 4.78 is 5.10. The molecule has 0 aliphatic carbocycles. The first kappa shape index (κ1) is 19.8. The number of carboxylic acid groups (broad SMARTS) is 1. The van der Waals surface area contributed by atoms with Gasteiger partial charge in [0.1, 0.15) is 11.5 Å². The number of rotatable bonds is 7. The zero-order valence-corrected chi connectivity index (χ0v) is 16.0. The Morgan fingerprint density at radius 3 is 2.59 bits per heavy atom. The molecule has 0 atom stereocenters. The van der Waals surface area contributed by atoms with E-state index in [0.29, 0.717) is 23.0 Å². The highest BCUT2D eigenvalue weighted by molar-refractivity contribution is 5.80. The third-order valence-corrected chi connectivity index (χ3v) is 3.94. The Hall–Kier alpha value is -3.94. The first-order valence-electron chi connectivity index (χ1n) is 8.79. The zero-order chi connectivity index (χ0) is 20.8. The summed E-state index contributed by atoms with van der Waals surface area (Å²) in [6.07, 6.45) is 1.65. The molecular weight excluding hydrogens is 372 g/mol.